The molecule has 37 heavy (non-hydrogen) atoms. The Morgan fingerprint density at radius 1 is 0.784 bits per heavy atom. The van der Waals surface area contributed by atoms with Gasteiger partial charge in [-0.25, -0.2) is 4.98 Å². The van der Waals surface area contributed by atoms with Crippen LogP contribution >= 0.6 is 0 Å². The highest BCUT2D eigenvalue weighted by molar-refractivity contribution is 6.02. The van der Waals surface area contributed by atoms with Gasteiger partial charge in [-0.1, -0.05) is 91.0 Å². The standard InChI is InChI=1S/C32H32N4O/c33-31-29-28(24-12-6-2-7-13-24)30(25-14-8-3-9-15-25)35(21-20-23-10-4-1-5-11-23)32(29)34-22-36(31)26-16-18-27(37)19-17-26/h1-15,22,26-27,33,37H,16-21H2. The van der Waals surface area contributed by atoms with E-state index in [1.807, 2.05) is 29.1 Å². The molecule has 5 nitrogen and oxygen atoms in total. The maximum Gasteiger partial charge on any atom is 0.146 e. The lowest BCUT2D eigenvalue weighted by molar-refractivity contribution is 0.109. The van der Waals surface area contributed by atoms with E-state index in [0.29, 0.717) is 5.49 Å². The predicted molar refractivity (Wildman–Crippen MR) is 148 cm³/mol. The molecule has 1 aliphatic rings. The number of rotatable bonds is 6. The summed E-state index contributed by atoms with van der Waals surface area (Å²) in [6.45, 7) is 0.768. The van der Waals surface area contributed by atoms with Crippen LogP contribution in [0.1, 0.15) is 37.3 Å². The highest BCUT2D eigenvalue weighted by Crippen LogP contribution is 2.39. The molecule has 1 fully saturated rings. The minimum Gasteiger partial charge on any atom is -0.393 e. The van der Waals surface area contributed by atoms with E-state index in [0.717, 1.165) is 72.1 Å². The molecule has 0 atom stereocenters. The molecule has 1 saturated carbocycles. The molecule has 2 aromatic heterocycles. The van der Waals surface area contributed by atoms with Crippen LogP contribution in [0.15, 0.2) is 97.3 Å². The molecular formula is C32H32N4O. The molecule has 186 valence electrons. The highest BCUT2D eigenvalue weighted by atomic mass is 16.3. The van der Waals surface area contributed by atoms with E-state index < -0.39 is 0 Å². The summed E-state index contributed by atoms with van der Waals surface area (Å²) in [6, 6.07) is 31.7. The molecular weight excluding hydrogens is 456 g/mol. The monoisotopic (exact) mass is 488 g/mol. The van der Waals surface area contributed by atoms with Crippen LogP contribution in [0.5, 0.6) is 0 Å². The van der Waals surface area contributed by atoms with Crippen molar-refractivity contribution in [3.05, 3.63) is 108 Å². The number of hydrogen-bond donors (Lipinski definition) is 2. The normalized spacial score (nSPS) is 17.8. The lowest BCUT2D eigenvalue weighted by Crippen LogP contribution is -2.29. The Labute approximate surface area is 217 Å². The van der Waals surface area contributed by atoms with Gasteiger partial charge >= 0.3 is 0 Å². The number of aliphatic hydroxyl groups excluding tert-OH is 1. The first-order chi connectivity index (χ1) is 18.2. The van der Waals surface area contributed by atoms with Gasteiger partial charge in [0.05, 0.1) is 23.5 Å². The van der Waals surface area contributed by atoms with Gasteiger partial charge in [0.2, 0.25) is 0 Å². The Kier molecular flexibility index (Phi) is 6.46. The summed E-state index contributed by atoms with van der Waals surface area (Å²) in [6.07, 6.45) is 5.78. The van der Waals surface area contributed by atoms with Crippen molar-refractivity contribution in [2.24, 2.45) is 0 Å². The average Bonchev–Trinajstić information content (AvgIpc) is 3.29. The van der Waals surface area contributed by atoms with Crippen LogP contribution < -0.4 is 5.49 Å². The summed E-state index contributed by atoms with van der Waals surface area (Å²) in [7, 11) is 0. The lowest BCUT2D eigenvalue weighted by atomic mass is 9.93. The van der Waals surface area contributed by atoms with Gasteiger partial charge in [-0.2, -0.15) is 0 Å². The molecule has 5 heteroatoms. The van der Waals surface area contributed by atoms with Crippen LogP contribution in [0.25, 0.3) is 33.4 Å². The summed E-state index contributed by atoms with van der Waals surface area (Å²) in [5.74, 6) is 0. The largest absolute Gasteiger partial charge is 0.393 e. The predicted octanol–water partition coefficient (Wildman–Crippen LogP) is 6.37. The van der Waals surface area contributed by atoms with Gasteiger partial charge in [0.15, 0.2) is 0 Å². The van der Waals surface area contributed by atoms with Crippen LogP contribution in [0.4, 0.5) is 0 Å². The highest BCUT2D eigenvalue weighted by Gasteiger charge is 2.26. The number of aromatic nitrogens is 3. The van der Waals surface area contributed by atoms with E-state index >= 15 is 0 Å². The minimum atomic E-state index is -0.230. The fraction of sp³-hybridized carbons (Fsp3) is 0.250. The molecule has 0 bridgehead atoms. The molecule has 0 spiro atoms. The number of nitrogens with zero attached hydrogens (tertiary/aromatic N) is 3. The molecule has 0 radical (unpaired) electrons. The number of aliphatic hydroxyl groups is 1. The van der Waals surface area contributed by atoms with Crippen LogP contribution in [0.2, 0.25) is 0 Å². The quantitative estimate of drug-likeness (QED) is 0.292. The summed E-state index contributed by atoms with van der Waals surface area (Å²) in [4.78, 5) is 5.02. The van der Waals surface area contributed by atoms with Gasteiger partial charge in [-0.05, 0) is 48.8 Å². The third kappa shape index (κ3) is 4.51. The third-order valence-electron chi connectivity index (χ3n) is 7.67. The number of aryl methyl sites for hydroxylation is 2. The van der Waals surface area contributed by atoms with E-state index in [9.17, 15) is 10.5 Å². The number of hydrogen-bond acceptors (Lipinski definition) is 3. The van der Waals surface area contributed by atoms with Crippen molar-refractivity contribution < 1.29 is 5.11 Å². The van der Waals surface area contributed by atoms with Crippen molar-refractivity contribution in [2.75, 3.05) is 0 Å². The van der Waals surface area contributed by atoms with E-state index in [1.54, 1.807) is 0 Å². The Morgan fingerprint density at radius 3 is 2.03 bits per heavy atom. The molecule has 5 aromatic rings. The fourth-order valence-electron chi connectivity index (χ4n) is 5.77. The lowest BCUT2D eigenvalue weighted by Gasteiger charge is -2.27. The average molecular weight is 489 g/mol. The summed E-state index contributed by atoms with van der Waals surface area (Å²) < 4.78 is 4.35. The van der Waals surface area contributed by atoms with Crippen molar-refractivity contribution in [2.45, 2.75) is 50.8 Å². The van der Waals surface area contributed by atoms with Gasteiger partial charge in [0.25, 0.3) is 0 Å². The second kappa shape index (κ2) is 10.2. The van der Waals surface area contributed by atoms with E-state index in [2.05, 4.69) is 77.4 Å². The minimum absolute atomic E-state index is 0.185. The first-order valence-corrected chi connectivity index (χ1v) is 13.2. The number of nitrogens with one attached hydrogen (secondary N) is 1. The van der Waals surface area contributed by atoms with E-state index in [1.165, 1.54) is 5.56 Å². The zero-order valence-electron chi connectivity index (χ0n) is 20.9. The van der Waals surface area contributed by atoms with Crippen molar-refractivity contribution in [1.82, 2.24) is 14.1 Å². The van der Waals surface area contributed by atoms with Gasteiger partial charge in [-0.15, -0.1) is 0 Å². The second-order valence-electron chi connectivity index (χ2n) is 10.0. The molecule has 6 rings (SSSR count). The summed E-state index contributed by atoms with van der Waals surface area (Å²) >= 11 is 0. The van der Waals surface area contributed by atoms with Crippen molar-refractivity contribution in [1.29, 1.82) is 5.41 Å². The van der Waals surface area contributed by atoms with Crippen LogP contribution in [-0.2, 0) is 13.0 Å². The molecule has 0 unspecified atom stereocenters. The number of fused-ring (bicyclic) bond motifs is 1. The van der Waals surface area contributed by atoms with Gasteiger partial charge in [0, 0.05) is 18.2 Å². The maximum atomic E-state index is 10.1. The van der Waals surface area contributed by atoms with Gasteiger partial charge in [0.1, 0.15) is 11.1 Å². The van der Waals surface area contributed by atoms with Crippen LogP contribution in [0.3, 0.4) is 0 Å². The molecule has 1 aliphatic carbocycles. The fourth-order valence-corrected chi connectivity index (χ4v) is 5.77. The van der Waals surface area contributed by atoms with Crippen molar-refractivity contribution >= 4 is 11.0 Å². The zero-order valence-corrected chi connectivity index (χ0v) is 20.9. The molecule has 0 saturated heterocycles. The Morgan fingerprint density at radius 2 is 1.38 bits per heavy atom. The second-order valence-corrected chi connectivity index (χ2v) is 10.0. The molecule has 0 amide bonds. The maximum absolute atomic E-state index is 10.1. The Bertz CT molecular complexity index is 1550. The molecule has 2 N–H and O–H groups in total. The van der Waals surface area contributed by atoms with Gasteiger partial charge in [-0.3, -0.25) is 5.41 Å². The molecule has 0 aliphatic heterocycles. The smallest absolute Gasteiger partial charge is 0.146 e. The Hall–Kier alpha value is -3.96. The first kappa shape index (κ1) is 23.4. The van der Waals surface area contributed by atoms with Crippen molar-refractivity contribution in [3.8, 4) is 22.4 Å². The van der Waals surface area contributed by atoms with Gasteiger partial charge < -0.3 is 14.2 Å². The molecule has 3 aromatic carbocycles. The summed E-state index contributed by atoms with van der Waals surface area (Å²) in [5, 5.41) is 20.4. The van der Waals surface area contributed by atoms with Crippen LogP contribution in [-0.4, -0.2) is 25.3 Å². The van der Waals surface area contributed by atoms with E-state index in [-0.39, 0.29) is 12.1 Å². The topological polar surface area (TPSA) is 66.8 Å². The summed E-state index contributed by atoms with van der Waals surface area (Å²) in [5.41, 5.74) is 7.03. The Balaban J connectivity index is 1.60. The van der Waals surface area contributed by atoms with E-state index in [4.69, 9.17) is 4.98 Å². The third-order valence-corrected chi connectivity index (χ3v) is 7.67. The number of benzene rings is 3. The SMILES string of the molecule is N=c1c2c(-c3ccccc3)c(-c3ccccc3)n(CCc3ccccc3)c2ncn1C1CCC(O)CC1. The van der Waals surface area contributed by atoms with Crippen LogP contribution in [0, 0.1) is 5.41 Å². The zero-order chi connectivity index (χ0) is 25.2. The molecule has 2 heterocycles. The van der Waals surface area contributed by atoms with Crippen molar-refractivity contribution in [3.63, 3.8) is 0 Å². The first-order valence-electron chi connectivity index (χ1n) is 13.2.